The van der Waals surface area contributed by atoms with E-state index >= 15 is 0 Å². The average Bonchev–Trinajstić information content (AvgIpc) is 4.00. The third kappa shape index (κ3) is 8.17. The number of nitrogens with one attached hydrogen (secondary N) is 4. The van der Waals surface area contributed by atoms with Gasteiger partial charge in [0.25, 0.3) is 0 Å². The first kappa shape index (κ1) is 37.8. The third-order valence-corrected chi connectivity index (χ3v) is 9.98. The molecule has 2 aliphatic heterocycles. The molecule has 54 heavy (non-hydrogen) atoms. The van der Waals surface area contributed by atoms with Crippen LogP contribution in [-0.2, 0) is 19.1 Å². The van der Waals surface area contributed by atoms with Crippen molar-refractivity contribution < 1.29 is 28.7 Å². The number of carbonyl (C=O) groups is 4. The number of hydrogen-bond donors (Lipinski definition) is 4. The monoisotopic (exact) mass is 737 g/mol. The molecule has 2 aliphatic rings. The number of amides is 4. The Morgan fingerprint density at radius 1 is 0.778 bits per heavy atom. The first-order valence-corrected chi connectivity index (χ1v) is 18.3. The molecule has 5 heterocycles. The van der Waals surface area contributed by atoms with Gasteiger partial charge in [-0.05, 0) is 67.7 Å². The number of methoxy groups -OCH3 is 2. The van der Waals surface area contributed by atoms with Crippen molar-refractivity contribution in [2.24, 2.45) is 11.8 Å². The molecule has 1 aromatic carbocycles. The molecule has 4 N–H and O–H groups in total. The molecular formula is C39H47N9O6. The van der Waals surface area contributed by atoms with Gasteiger partial charge in [0.05, 0.1) is 49.2 Å². The average molecular weight is 738 g/mol. The van der Waals surface area contributed by atoms with Crippen molar-refractivity contribution >= 4 is 35.0 Å². The van der Waals surface area contributed by atoms with Crippen LogP contribution in [-0.4, -0.2) is 98.1 Å². The Bertz CT molecular complexity index is 2060. The summed E-state index contributed by atoms with van der Waals surface area (Å²) in [5.41, 5.74) is 4.61. The van der Waals surface area contributed by atoms with Gasteiger partial charge < -0.3 is 39.9 Å². The molecule has 15 heteroatoms. The zero-order valence-corrected chi connectivity index (χ0v) is 31.4. The highest BCUT2D eigenvalue weighted by Crippen LogP contribution is 2.34. The van der Waals surface area contributed by atoms with Crippen LogP contribution in [0, 0.1) is 23.7 Å². The van der Waals surface area contributed by atoms with Crippen LogP contribution in [0.25, 0.3) is 22.3 Å². The van der Waals surface area contributed by atoms with Gasteiger partial charge in [0, 0.05) is 30.4 Å². The highest BCUT2D eigenvalue weighted by atomic mass is 16.5. The van der Waals surface area contributed by atoms with E-state index in [1.54, 1.807) is 22.2 Å². The molecule has 2 fully saturated rings. The highest BCUT2D eigenvalue weighted by Gasteiger charge is 2.39. The molecule has 4 atom stereocenters. The van der Waals surface area contributed by atoms with Crippen molar-refractivity contribution in [2.75, 3.05) is 27.3 Å². The second kappa shape index (κ2) is 16.4. The fourth-order valence-electron chi connectivity index (χ4n) is 7.08. The first-order valence-electron chi connectivity index (χ1n) is 18.3. The van der Waals surface area contributed by atoms with E-state index in [9.17, 15) is 19.2 Å². The minimum atomic E-state index is -0.705. The van der Waals surface area contributed by atoms with Crippen molar-refractivity contribution in [2.45, 2.75) is 77.5 Å². The predicted octanol–water partition coefficient (Wildman–Crippen LogP) is 4.84. The Balaban J connectivity index is 1.12. The third-order valence-electron chi connectivity index (χ3n) is 9.98. The number of hydrogen-bond acceptors (Lipinski definition) is 9. The topological polar surface area (TPSA) is 188 Å². The lowest BCUT2D eigenvalue weighted by molar-refractivity contribution is -0.136. The van der Waals surface area contributed by atoms with Gasteiger partial charge in [-0.25, -0.2) is 19.6 Å². The van der Waals surface area contributed by atoms with E-state index in [0.717, 1.165) is 53.5 Å². The van der Waals surface area contributed by atoms with E-state index in [0.29, 0.717) is 30.4 Å². The molecule has 15 nitrogen and oxygen atoms in total. The number of H-pyrrole nitrogens is 2. The van der Waals surface area contributed by atoms with Crippen LogP contribution in [0.4, 0.5) is 9.59 Å². The SMILES string of the molecule is COC(=O)N[C@H](C(=O)N1CCC[C@H]1c1ncc(C#Cc2ccc(-c3ccc4nc([C@@H]5CCCN5C(=O)[C@@H](NC(=O)OC)C(C)C)[nH]c4c3)nc2)[nH]1)C(C)C. The molecular weight excluding hydrogens is 690 g/mol. The van der Waals surface area contributed by atoms with E-state index in [2.05, 4.69) is 42.4 Å². The Morgan fingerprint density at radius 3 is 1.94 bits per heavy atom. The molecule has 0 radical (unpaired) electrons. The molecule has 0 spiro atoms. The van der Waals surface area contributed by atoms with Crippen LogP contribution in [0.5, 0.6) is 0 Å². The minimum absolute atomic E-state index is 0.117. The number of ether oxygens (including phenoxy) is 2. The maximum Gasteiger partial charge on any atom is 0.407 e. The van der Waals surface area contributed by atoms with Crippen LogP contribution in [0.1, 0.15) is 88.4 Å². The number of imidazole rings is 2. The standard InChI is InChI=1S/C39H47N9O6/c1-22(2)32(45-38(51)53-5)36(49)47-17-7-9-30(47)34-41-21-26(42-34)14-11-24-12-15-27(40-20-24)25-13-16-28-29(19-25)44-35(43-28)31-10-8-18-48(31)37(50)33(23(3)4)46-39(52)54-6/h12-13,15-16,19-23,30-33H,7-10,17-18H2,1-6H3,(H,41,42)(H,43,44)(H,45,51)(H,46,52)/t30-,31-,32-,33-/m0/s1. The quantitative estimate of drug-likeness (QED) is 0.175. The van der Waals surface area contributed by atoms with E-state index in [1.165, 1.54) is 14.2 Å². The zero-order chi connectivity index (χ0) is 38.5. The Labute approximate surface area is 314 Å². The summed E-state index contributed by atoms with van der Waals surface area (Å²) < 4.78 is 9.48. The predicted molar refractivity (Wildman–Crippen MR) is 200 cm³/mol. The first-order chi connectivity index (χ1) is 26.0. The number of aromatic nitrogens is 5. The minimum Gasteiger partial charge on any atom is -0.453 e. The Hall–Kier alpha value is -5.91. The fourth-order valence-corrected chi connectivity index (χ4v) is 7.08. The van der Waals surface area contributed by atoms with Gasteiger partial charge in [-0.2, -0.15) is 0 Å². The molecule has 4 aromatic rings. The maximum atomic E-state index is 13.6. The number of aromatic amines is 2. The largest absolute Gasteiger partial charge is 0.453 e. The molecule has 0 bridgehead atoms. The lowest BCUT2D eigenvalue weighted by atomic mass is 10.0. The number of likely N-dealkylation sites (tertiary alicyclic amines) is 2. The van der Waals surface area contributed by atoms with Gasteiger partial charge in [-0.1, -0.05) is 39.7 Å². The molecule has 6 rings (SSSR count). The smallest absolute Gasteiger partial charge is 0.407 e. The molecule has 0 saturated carbocycles. The normalized spacial score (nSPS) is 18.0. The van der Waals surface area contributed by atoms with Gasteiger partial charge in [0.2, 0.25) is 11.8 Å². The molecule has 2 saturated heterocycles. The Kier molecular flexibility index (Phi) is 11.5. The van der Waals surface area contributed by atoms with Crippen LogP contribution >= 0.6 is 0 Å². The number of nitrogens with zero attached hydrogens (tertiary/aromatic N) is 5. The van der Waals surface area contributed by atoms with Gasteiger partial charge in [-0.3, -0.25) is 14.6 Å². The van der Waals surface area contributed by atoms with Crippen molar-refractivity contribution in [1.82, 2.24) is 45.4 Å². The van der Waals surface area contributed by atoms with E-state index in [4.69, 9.17) is 14.5 Å². The van der Waals surface area contributed by atoms with E-state index in [1.807, 2.05) is 58.0 Å². The van der Waals surface area contributed by atoms with Gasteiger partial charge in [0.1, 0.15) is 29.4 Å². The summed E-state index contributed by atoms with van der Waals surface area (Å²) in [7, 11) is 2.56. The second-order valence-corrected chi connectivity index (χ2v) is 14.3. The Morgan fingerprint density at radius 2 is 1.39 bits per heavy atom. The summed E-state index contributed by atoms with van der Waals surface area (Å²) in [5.74, 6) is 7.06. The van der Waals surface area contributed by atoms with Gasteiger partial charge in [-0.15, -0.1) is 0 Å². The van der Waals surface area contributed by atoms with Crippen LogP contribution in [0.3, 0.4) is 0 Å². The number of pyridine rings is 1. The molecule has 3 aromatic heterocycles. The van der Waals surface area contributed by atoms with Gasteiger partial charge in [0.15, 0.2) is 0 Å². The fraction of sp³-hybridized carbons (Fsp3) is 0.462. The summed E-state index contributed by atoms with van der Waals surface area (Å²) in [5, 5.41) is 5.36. The molecule has 0 unspecified atom stereocenters. The molecule has 0 aliphatic carbocycles. The zero-order valence-electron chi connectivity index (χ0n) is 31.4. The van der Waals surface area contributed by atoms with Crippen LogP contribution in [0.2, 0.25) is 0 Å². The number of benzene rings is 1. The summed E-state index contributed by atoms with van der Waals surface area (Å²) in [4.78, 5) is 75.1. The van der Waals surface area contributed by atoms with Crippen molar-refractivity contribution in [3.63, 3.8) is 0 Å². The summed E-state index contributed by atoms with van der Waals surface area (Å²) in [6, 6.07) is 7.82. The van der Waals surface area contributed by atoms with E-state index in [-0.39, 0.29) is 35.7 Å². The number of alkyl carbamates (subject to hydrolysis) is 2. The lowest BCUT2D eigenvalue weighted by Gasteiger charge is -2.29. The van der Waals surface area contributed by atoms with Crippen molar-refractivity contribution in [3.05, 3.63) is 65.6 Å². The molecule has 284 valence electrons. The summed E-state index contributed by atoms with van der Waals surface area (Å²) in [6.07, 6.45) is 5.27. The summed E-state index contributed by atoms with van der Waals surface area (Å²) in [6.45, 7) is 8.70. The second-order valence-electron chi connectivity index (χ2n) is 14.3. The number of carbonyl (C=O) groups excluding carboxylic acids is 4. The van der Waals surface area contributed by atoms with Crippen molar-refractivity contribution in [1.29, 1.82) is 0 Å². The van der Waals surface area contributed by atoms with Crippen LogP contribution < -0.4 is 10.6 Å². The maximum absolute atomic E-state index is 13.6. The van der Waals surface area contributed by atoms with Crippen LogP contribution in [0.15, 0.2) is 42.7 Å². The highest BCUT2D eigenvalue weighted by molar-refractivity contribution is 5.87. The lowest BCUT2D eigenvalue weighted by Crippen LogP contribution is -2.51. The number of fused-ring (bicyclic) bond motifs is 1. The van der Waals surface area contributed by atoms with Crippen molar-refractivity contribution in [3.8, 4) is 23.1 Å². The summed E-state index contributed by atoms with van der Waals surface area (Å²) >= 11 is 0. The van der Waals surface area contributed by atoms with Gasteiger partial charge >= 0.3 is 12.2 Å². The number of rotatable bonds is 9. The van der Waals surface area contributed by atoms with E-state index < -0.39 is 24.3 Å². The molecule has 4 amide bonds.